The van der Waals surface area contributed by atoms with Gasteiger partial charge < -0.3 is 14.7 Å². The van der Waals surface area contributed by atoms with Crippen LogP contribution in [0, 0.1) is 0 Å². The van der Waals surface area contributed by atoms with Crippen LogP contribution >= 0.6 is 0 Å². The third-order valence-corrected chi connectivity index (χ3v) is 6.06. The van der Waals surface area contributed by atoms with E-state index in [1.54, 1.807) is 0 Å². The fourth-order valence-electron chi connectivity index (χ4n) is 4.62. The molecule has 2 saturated heterocycles. The van der Waals surface area contributed by atoms with Gasteiger partial charge in [0.2, 0.25) is 17.2 Å². The minimum absolute atomic E-state index is 0.195. The molecule has 3 fully saturated rings. The SMILES string of the molecule is O=C1CN(c2nc3nonc3nc2N2CCCC2)CCN1C1CCCCC1. The summed E-state index contributed by atoms with van der Waals surface area (Å²) >= 11 is 0. The van der Waals surface area contributed by atoms with Crippen LogP contribution in [0.1, 0.15) is 44.9 Å². The normalized spacial score (nSPS) is 22.2. The molecule has 3 aliphatic rings. The molecule has 0 bridgehead atoms. The van der Waals surface area contributed by atoms with Crippen LogP contribution in [0.5, 0.6) is 0 Å². The summed E-state index contributed by atoms with van der Waals surface area (Å²) in [6, 6.07) is 0.416. The molecule has 1 aliphatic carbocycles. The van der Waals surface area contributed by atoms with Crippen LogP contribution in [0.3, 0.4) is 0 Å². The maximum Gasteiger partial charge on any atom is 0.245 e. The number of hydrogen-bond acceptors (Lipinski definition) is 8. The van der Waals surface area contributed by atoms with Crippen molar-refractivity contribution in [3.8, 4) is 0 Å². The van der Waals surface area contributed by atoms with E-state index in [1.807, 2.05) is 0 Å². The lowest BCUT2D eigenvalue weighted by atomic mass is 9.93. The number of piperazine rings is 1. The predicted molar refractivity (Wildman–Crippen MR) is 99.6 cm³/mol. The molecule has 1 amide bonds. The first-order valence-electron chi connectivity index (χ1n) is 10.1. The molecule has 4 heterocycles. The van der Waals surface area contributed by atoms with Crippen LogP contribution in [-0.4, -0.2) is 69.9 Å². The molecule has 9 heteroatoms. The molecule has 2 aromatic rings. The Kier molecular flexibility index (Phi) is 4.29. The van der Waals surface area contributed by atoms with Gasteiger partial charge in [0.15, 0.2) is 11.6 Å². The maximum absolute atomic E-state index is 12.9. The van der Waals surface area contributed by atoms with Crippen LogP contribution in [0.25, 0.3) is 11.3 Å². The van der Waals surface area contributed by atoms with E-state index < -0.39 is 0 Å². The maximum atomic E-state index is 12.9. The highest BCUT2D eigenvalue weighted by molar-refractivity contribution is 5.85. The molecular weight excluding hydrogens is 346 g/mol. The molecule has 9 nitrogen and oxygen atoms in total. The number of hydrogen-bond donors (Lipinski definition) is 0. The van der Waals surface area contributed by atoms with Gasteiger partial charge >= 0.3 is 0 Å². The third kappa shape index (κ3) is 3.08. The van der Waals surface area contributed by atoms with Gasteiger partial charge in [0.05, 0.1) is 6.54 Å². The Bertz CT molecular complexity index is 826. The summed E-state index contributed by atoms with van der Waals surface area (Å²) in [5, 5.41) is 7.69. The van der Waals surface area contributed by atoms with Crippen molar-refractivity contribution >= 4 is 28.8 Å². The standard InChI is InChI=1S/C18H25N7O2/c26-14-12-24(10-11-25(14)13-6-2-1-3-7-13)18-17(23-8-4-5-9-23)19-15-16(20-18)22-27-21-15/h13H,1-12H2. The van der Waals surface area contributed by atoms with Crippen LogP contribution in [0.2, 0.25) is 0 Å². The highest BCUT2D eigenvalue weighted by Gasteiger charge is 2.33. The molecular formula is C18H25N7O2. The lowest BCUT2D eigenvalue weighted by Crippen LogP contribution is -2.55. The molecule has 1 saturated carbocycles. The second-order valence-corrected chi connectivity index (χ2v) is 7.78. The number of amides is 1. The van der Waals surface area contributed by atoms with Crippen molar-refractivity contribution in [3.05, 3.63) is 0 Å². The zero-order valence-corrected chi connectivity index (χ0v) is 15.5. The van der Waals surface area contributed by atoms with E-state index in [4.69, 9.17) is 4.63 Å². The molecule has 0 aromatic carbocycles. The first-order chi connectivity index (χ1) is 13.3. The average molecular weight is 371 g/mol. The van der Waals surface area contributed by atoms with Crippen molar-refractivity contribution in [2.24, 2.45) is 0 Å². The lowest BCUT2D eigenvalue weighted by Gasteiger charge is -2.41. The Morgan fingerprint density at radius 2 is 1.44 bits per heavy atom. The lowest BCUT2D eigenvalue weighted by molar-refractivity contribution is -0.134. The average Bonchev–Trinajstić information content (AvgIpc) is 3.39. The number of nitrogens with zero attached hydrogens (tertiary/aromatic N) is 7. The number of fused-ring (bicyclic) bond motifs is 1. The van der Waals surface area contributed by atoms with Gasteiger partial charge in [-0.2, -0.15) is 0 Å². The van der Waals surface area contributed by atoms with Crippen LogP contribution < -0.4 is 9.80 Å². The summed E-state index contributed by atoms with van der Waals surface area (Å²) in [6.07, 6.45) is 8.33. The molecule has 0 atom stereocenters. The Labute approximate surface area is 157 Å². The summed E-state index contributed by atoms with van der Waals surface area (Å²) < 4.78 is 4.81. The second-order valence-electron chi connectivity index (χ2n) is 7.78. The monoisotopic (exact) mass is 371 g/mol. The third-order valence-electron chi connectivity index (χ3n) is 6.06. The smallest absolute Gasteiger partial charge is 0.245 e. The summed E-state index contributed by atoms with van der Waals surface area (Å²) in [5.74, 6) is 1.73. The van der Waals surface area contributed by atoms with Crippen molar-refractivity contribution in [1.29, 1.82) is 0 Å². The van der Waals surface area contributed by atoms with E-state index in [9.17, 15) is 4.79 Å². The minimum atomic E-state index is 0.195. The molecule has 0 radical (unpaired) electrons. The number of carbonyl (C=O) groups excluding carboxylic acids is 1. The fraction of sp³-hybridized carbons (Fsp3) is 0.722. The van der Waals surface area contributed by atoms with Crippen LogP contribution in [-0.2, 0) is 4.79 Å². The molecule has 27 heavy (non-hydrogen) atoms. The number of rotatable bonds is 3. The van der Waals surface area contributed by atoms with E-state index in [-0.39, 0.29) is 5.91 Å². The molecule has 0 spiro atoms. The van der Waals surface area contributed by atoms with Gasteiger partial charge in [0, 0.05) is 32.2 Å². The molecule has 144 valence electrons. The highest BCUT2D eigenvalue weighted by atomic mass is 16.6. The van der Waals surface area contributed by atoms with Gasteiger partial charge in [0.25, 0.3) is 0 Å². The largest absolute Gasteiger partial charge is 0.353 e. The van der Waals surface area contributed by atoms with Gasteiger partial charge in [-0.1, -0.05) is 19.3 Å². The Hall–Kier alpha value is -2.45. The molecule has 2 aromatic heterocycles. The van der Waals surface area contributed by atoms with Crippen LogP contribution in [0.4, 0.5) is 11.6 Å². The molecule has 2 aliphatic heterocycles. The Balaban J connectivity index is 1.41. The van der Waals surface area contributed by atoms with E-state index >= 15 is 0 Å². The van der Waals surface area contributed by atoms with Gasteiger partial charge in [-0.05, 0) is 36.0 Å². The number of aromatic nitrogens is 4. The van der Waals surface area contributed by atoms with Crippen LogP contribution in [0.15, 0.2) is 4.63 Å². The van der Waals surface area contributed by atoms with Crippen molar-refractivity contribution in [2.45, 2.75) is 51.0 Å². The summed E-state index contributed by atoms with van der Waals surface area (Å²) in [5.41, 5.74) is 0.822. The van der Waals surface area contributed by atoms with Crippen molar-refractivity contribution in [3.63, 3.8) is 0 Å². The minimum Gasteiger partial charge on any atom is -0.353 e. The van der Waals surface area contributed by atoms with E-state index in [2.05, 4.69) is 35.0 Å². The summed E-state index contributed by atoms with van der Waals surface area (Å²) in [4.78, 5) is 28.6. The van der Waals surface area contributed by atoms with Crippen molar-refractivity contribution in [2.75, 3.05) is 42.5 Å². The van der Waals surface area contributed by atoms with E-state index in [1.165, 1.54) is 19.3 Å². The second kappa shape index (κ2) is 6.94. The van der Waals surface area contributed by atoms with Crippen molar-refractivity contribution < 1.29 is 9.42 Å². The number of anilines is 2. The Morgan fingerprint density at radius 1 is 0.778 bits per heavy atom. The molecule has 5 rings (SSSR count). The fourth-order valence-corrected chi connectivity index (χ4v) is 4.62. The predicted octanol–water partition coefficient (Wildman–Crippen LogP) is 1.59. The summed E-state index contributed by atoms with van der Waals surface area (Å²) in [6.45, 7) is 3.78. The van der Waals surface area contributed by atoms with Crippen molar-refractivity contribution in [1.82, 2.24) is 25.2 Å². The zero-order chi connectivity index (χ0) is 18.2. The van der Waals surface area contributed by atoms with Gasteiger partial charge in [-0.15, -0.1) is 0 Å². The summed E-state index contributed by atoms with van der Waals surface area (Å²) in [7, 11) is 0. The van der Waals surface area contributed by atoms with E-state index in [0.29, 0.717) is 23.9 Å². The first kappa shape index (κ1) is 16.7. The van der Waals surface area contributed by atoms with Gasteiger partial charge in [0.1, 0.15) is 0 Å². The van der Waals surface area contributed by atoms with Gasteiger partial charge in [-0.25, -0.2) is 14.6 Å². The highest BCUT2D eigenvalue weighted by Crippen LogP contribution is 2.31. The number of carbonyl (C=O) groups is 1. The molecule has 0 N–H and O–H groups in total. The zero-order valence-electron chi connectivity index (χ0n) is 15.5. The first-order valence-corrected chi connectivity index (χ1v) is 10.1. The van der Waals surface area contributed by atoms with Gasteiger partial charge in [-0.3, -0.25) is 4.79 Å². The topological polar surface area (TPSA) is 91.5 Å². The quantitative estimate of drug-likeness (QED) is 0.803. The van der Waals surface area contributed by atoms with E-state index in [0.717, 1.165) is 63.5 Å². The Morgan fingerprint density at radius 3 is 2.11 bits per heavy atom. The molecule has 0 unspecified atom stereocenters.